The molecular weight excluding hydrogens is 408 g/mol. The van der Waals surface area contributed by atoms with Crippen molar-refractivity contribution < 1.29 is 29.0 Å². The molecule has 2 aliphatic heterocycles. The molecule has 6 heteroatoms. The first-order chi connectivity index (χ1) is 14.5. The van der Waals surface area contributed by atoms with Crippen molar-refractivity contribution in [3.63, 3.8) is 0 Å². The number of fused-ring (bicyclic) bond motifs is 4. The van der Waals surface area contributed by atoms with Gasteiger partial charge in [0.2, 0.25) is 0 Å². The Morgan fingerprint density at radius 1 is 1.06 bits per heavy atom. The van der Waals surface area contributed by atoms with Gasteiger partial charge in [-0.2, -0.15) is 0 Å². The van der Waals surface area contributed by atoms with E-state index in [1.165, 1.54) is 6.08 Å². The Hall–Kier alpha value is -1.95. The third kappa shape index (κ3) is 1.73. The third-order valence-corrected chi connectivity index (χ3v) is 11.1. The summed E-state index contributed by atoms with van der Waals surface area (Å²) in [5, 5.41) is 12.1. The molecule has 8 atom stereocenters. The number of hydrogen-bond donors (Lipinski definition) is 1. The lowest BCUT2D eigenvalue weighted by atomic mass is 9.31. The molecule has 1 spiro atoms. The van der Waals surface area contributed by atoms with E-state index in [0.29, 0.717) is 24.8 Å². The van der Waals surface area contributed by atoms with Crippen LogP contribution in [0.1, 0.15) is 67.7 Å². The maximum absolute atomic E-state index is 14.0. The lowest BCUT2D eigenvalue weighted by Crippen LogP contribution is -2.71. The van der Waals surface area contributed by atoms with Gasteiger partial charge in [-0.3, -0.25) is 9.59 Å². The Morgan fingerprint density at radius 3 is 2.31 bits per heavy atom. The maximum atomic E-state index is 14.0. The quantitative estimate of drug-likeness (QED) is 0.456. The van der Waals surface area contributed by atoms with Crippen molar-refractivity contribution in [2.24, 2.45) is 33.0 Å². The fourth-order valence-electron chi connectivity index (χ4n) is 9.30. The van der Waals surface area contributed by atoms with Gasteiger partial charge >= 0.3 is 11.9 Å². The highest BCUT2D eigenvalue weighted by Gasteiger charge is 2.91. The van der Waals surface area contributed by atoms with Crippen LogP contribution in [0.15, 0.2) is 24.3 Å². The van der Waals surface area contributed by atoms with Crippen molar-refractivity contribution in [2.45, 2.75) is 85.0 Å². The largest absolute Gasteiger partial charge is 0.458 e. The van der Waals surface area contributed by atoms with Crippen molar-refractivity contribution in [1.29, 1.82) is 0 Å². The molecule has 1 saturated heterocycles. The smallest absolute Gasteiger partial charge is 0.330 e. The number of aliphatic hydroxyl groups is 1. The van der Waals surface area contributed by atoms with Crippen molar-refractivity contribution in [1.82, 2.24) is 0 Å². The minimum atomic E-state index is -1.96. The molecular formula is C26H34O6. The fraction of sp³-hybridized carbons (Fsp3) is 0.731. The van der Waals surface area contributed by atoms with Crippen molar-refractivity contribution in [3.8, 4) is 0 Å². The number of carbonyl (C=O) groups excluding carboxylic acids is 3. The van der Waals surface area contributed by atoms with Gasteiger partial charge < -0.3 is 14.6 Å². The van der Waals surface area contributed by atoms with E-state index in [-0.39, 0.29) is 17.7 Å². The molecule has 0 amide bonds. The summed E-state index contributed by atoms with van der Waals surface area (Å²) in [7, 11) is 0. The molecule has 2 bridgehead atoms. The standard InChI is InChI=1S/C26H34O6/c1-14-21(5)13-24(8)22(6)11-10-17(27)32-20(3,4)16(22)9-12-23(24,7)25(14)19(29)31-15(2)26(25,30)18(21)28/h10-11,15-16,30H,1,9,12-13H2,2-8H3/t15-,16-,21-,22-,23+,24+,25+,26-/m1/s1. The molecule has 2 heterocycles. The van der Waals surface area contributed by atoms with Gasteiger partial charge in [-0.05, 0) is 68.8 Å². The molecule has 1 N–H and O–H groups in total. The van der Waals surface area contributed by atoms with Crippen LogP contribution in [0, 0.1) is 33.0 Å². The molecule has 3 aliphatic carbocycles. The van der Waals surface area contributed by atoms with E-state index in [1.54, 1.807) is 6.92 Å². The van der Waals surface area contributed by atoms with E-state index in [1.807, 2.05) is 33.8 Å². The molecule has 0 unspecified atom stereocenters. The maximum Gasteiger partial charge on any atom is 0.330 e. The Balaban J connectivity index is 1.87. The Morgan fingerprint density at radius 2 is 1.69 bits per heavy atom. The zero-order valence-corrected chi connectivity index (χ0v) is 20.1. The van der Waals surface area contributed by atoms with Crippen molar-refractivity contribution >= 4 is 17.7 Å². The number of rotatable bonds is 0. The molecule has 0 aromatic heterocycles. The lowest BCUT2D eigenvalue weighted by Gasteiger charge is -2.71. The van der Waals surface area contributed by atoms with Crippen LogP contribution in [0.5, 0.6) is 0 Å². The summed E-state index contributed by atoms with van der Waals surface area (Å²) >= 11 is 0. The number of esters is 2. The second kappa shape index (κ2) is 5.40. The van der Waals surface area contributed by atoms with Crippen molar-refractivity contribution in [3.05, 3.63) is 24.3 Å². The molecule has 32 heavy (non-hydrogen) atoms. The third-order valence-electron chi connectivity index (χ3n) is 11.1. The van der Waals surface area contributed by atoms with Gasteiger partial charge in [0.05, 0.1) is 5.41 Å². The first kappa shape index (κ1) is 21.9. The zero-order chi connectivity index (χ0) is 23.9. The van der Waals surface area contributed by atoms with Gasteiger partial charge in [0.15, 0.2) is 11.4 Å². The summed E-state index contributed by atoms with van der Waals surface area (Å²) in [4.78, 5) is 40.2. The number of ketones is 1. The van der Waals surface area contributed by atoms with Gasteiger partial charge in [-0.15, -0.1) is 0 Å². The average Bonchev–Trinajstić information content (AvgIpc) is 2.88. The first-order valence-corrected chi connectivity index (χ1v) is 11.6. The predicted octanol–water partition coefficient (Wildman–Crippen LogP) is 3.52. The summed E-state index contributed by atoms with van der Waals surface area (Å²) in [6.07, 6.45) is 4.16. The molecule has 5 rings (SSSR count). The Labute approximate surface area is 189 Å². The number of cyclic esters (lactones) is 2. The van der Waals surface area contributed by atoms with Crippen LogP contribution in [0.3, 0.4) is 0 Å². The minimum Gasteiger partial charge on any atom is -0.458 e. The topological polar surface area (TPSA) is 89.9 Å². The summed E-state index contributed by atoms with van der Waals surface area (Å²) in [5.74, 6) is -1.33. The molecule has 4 fully saturated rings. The van der Waals surface area contributed by atoms with Crippen LogP contribution in [-0.2, 0) is 23.9 Å². The average molecular weight is 443 g/mol. The summed E-state index contributed by atoms with van der Waals surface area (Å²) in [6, 6.07) is 0. The fourth-order valence-corrected chi connectivity index (χ4v) is 9.30. The minimum absolute atomic E-state index is 0.0282. The second-order valence-corrected chi connectivity index (χ2v) is 12.3. The SMILES string of the molecule is C=C1[C@@]2(C)C[C@]3(C)[C@](C)(CC[C@@H]4C(C)(C)OC(=O)C=C[C@]43C)[C@@]13C(=O)O[C@H](C)[C@@]3(O)C2=O. The molecule has 0 radical (unpaired) electrons. The van der Waals surface area contributed by atoms with Gasteiger partial charge in [0, 0.05) is 12.0 Å². The highest BCUT2D eigenvalue weighted by molar-refractivity contribution is 6.10. The molecule has 6 nitrogen and oxygen atoms in total. The zero-order valence-electron chi connectivity index (χ0n) is 20.1. The van der Waals surface area contributed by atoms with E-state index in [0.717, 1.165) is 0 Å². The molecule has 174 valence electrons. The number of Topliss-reactive ketones (excluding diaryl/α,β-unsaturated/α-hetero) is 1. The van der Waals surface area contributed by atoms with E-state index in [4.69, 9.17) is 9.47 Å². The monoisotopic (exact) mass is 442 g/mol. The van der Waals surface area contributed by atoms with Crippen LogP contribution >= 0.6 is 0 Å². The van der Waals surface area contributed by atoms with E-state index < -0.39 is 50.4 Å². The normalized spacial score (nSPS) is 55.5. The summed E-state index contributed by atoms with van der Waals surface area (Å²) in [6.45, 7) is 17.9. The van der Waals surface area contributed by atoms with Gasteiger partial charge in [0.25, 0.3) is 0 Å². The van der Waals surface area contributed by atoms with E-state index in [2.05, 4.69) is 20.4 Å². The van der Waals surface area contributed by atoms with E-state index >= 15 is 0 Å². The van der Waals surface area contributed by atoms with Crippen LogP contribution in [0.25, 0.3) is 0 Å². The number of carbonyl (C=O) groups is 3. The lowest BCUT2D eigenvalue weighted by molar-refractivity contribution is -0.233. The Bertz CT molecular complexity index is 1040. The second-order valence-electron chi connectivity index (χ2n) is 12.3. The van der Waals surface area contributed by atoms with Gasteiger partial charge in [0.1, 0.15) is 17.1 Å². The van der Waals surface area contributed by atoms with Crippen LogP contribution in [0.2, 0.25) is 0 Å². The van der Waals surface area contributed by atoms with Crippen LogP contribution in [-0.4, -0.2) is 40.1 Å². The first-order valence-electron chi connectivity index (χ1n) is 11.6. The highest BCUT2D eigenvalue weighted by Crippen LogP contribution is 2.84. The van der Waals surface area contributed by atoms with Crippen LogP contribution < -0.4 is 0 Å². The molecule has 0 aromatic carbocycles. The number of ether oxygens (including phenoxy) is 2. The van der Waals surface area contributed by atoms with Crippen molar-refractivity contribution in [2.75, 3.05) is 0 Å². The number of allylic oxidation sites excluding steroid dienone is 1. The molecule has 0 aromatic rings. The Kier molecular flexibility index (Phi) is 3.69. The summed E-state index contributed by atoms with van der Waals surface area (Å²) in [5.41, 5.74) is -6.84. The van der Waals surface area contributed by atoms with E-state index in [9.17, 15) is 19.5 Å². The summed E-state index contributed by atoms with van der Waals surface area (Å²) < 4.78 is 11.5. The molecule has 5 aliphatic rings. The van der Waals surface area contributed by atoms with Gasteiger partial charge in [-0.25, -0.2) is 4.79 Å². The highest BCUT2D eigenvalue weighted by atomic mass is 16.6. The predicted molar refractivity (Wildman–Crippen MR) is 116 cm³/mol. The van der Waals surface area contributed by atoms with Crippen LogP contribution in [0.4, 0.5) is 0 Å². The number of hydrogen-bond acceptors (Lipinski definition) is 6. The van der Waals surface area contributed by atoms with Gasteiger partial charge in [-0.1, -0.05) is 33.4 Å². The molecule has 3 saturated carbocycles.